The summed E-state index contributed by atoms with van der Waals surface area (Å²) >= 11 is 0. The average molecular weight is 287 g/mol. The van der Waals surface area contributed by atoms with Gasteiger partial charge in [-0.3, -0.25) is 4.79 Å². The molecule has 2 N–H and O–H groups in total. The standard InChI is InChI=1S/C14H17N5O2/c15-7-12-9-19(17-16-12)10-14(20)18-5-6-21-13-4-2-1-3-11(13)8-18/h1-4,9H,5-8,10,15H2. The zero-order chi connectivity index (χ0) is 14.7. The first-order chi connectivity index (χ1) is 10.3. The summed E-state index contributed by atoms with van der Waals surface area (Å²) < 4.78 is 7.17. The zero-order valence-electron chi connectivity index (χ0n) is 11.6. The minimum atomic E-state index is -0.0104. The van der Waals surface area contributed by atoms with Crippen molar-refractivity contribution in [2.45, 2.75) is 19.6 Å². The van der Waals surface area contributed by atoms with Crippen LogP contribution >= 0.6 is 0 Å². The Hall–Kier alpha value is -2.41. The lowest BCUT2D eigenvalue weighted by Gasteiger charge is -2.19. The maximum absolute atomic E-state index is 12.4. The molecule has 21 heavy (non-hydrogen) atoms. The molecule has 7 nitrogen and oxygen atoms in total. The van der Waals surface area contributed by atoms with E-state index in [2.05, 4.69) is 10.3 Å². The summed E-state index contributed by atoms with van der Waals surface area (Å²) in [5.74, 6) is 0.836. The number of hydrogen-bond donors (Lipinski definition) is 1. The van der Waals surface area contributed by atoms with Gasteiger partial charge in [-0.05, 0) is 6.07 Å². The van der Waals surface area contributed by atoms with Gasteiger partial charge in [0.25, 0.3) is 0 Å². The molecule has 1 aromatic heterocycles. The summed E-state index contributed by atoms with van der Waals surface area (Å²) in [4.78, 5) is 14.2. The van der Waals surface area contributed by atoms with Crippen LogP contribution in [0.2, 0.25) is 0 Å². The monoisotopic (exact) mass is 287 g/mol. The van der Waals surface area contributed by atoms with Gasteiger partial charge in [0.1, 0.15) is 18.9 Å². The number of amides is 1. The van der Waals surface area contributed by atoms with E-state index >= 15 is 0 Å². The normalized spacial score (nSPS) is 14.2. The summed E-state index contributed by atoms with van der Waals surface area (Å²) in [6.45, 7) is 2.09. The van der Waals surface area contributed by atoms with E-state index in [1.807, 2.05) is 24.3 Å². The molecule has 0 atom stereocenters. The molecule has 0 saturated carbocycles. The molecule has 1 aromatic carbocycles. The Morgan fingerprint density at radius 1 is 1.38 bits per heavy atom. The van der Waals surface area contributed by atoms with Crippen LogP contribution in [-0.2, 0) is 24.4 Å². The summed E-state index contributed by atoms with van der Waals surface area (Å²) in [6.07, 6.45) is 1.69. The van der Waals surface area contributed by atoms with E-state index in [0.29, 0.717) is 31.9 Å². The Balaban J connectivity index is 1.70. The van der Waals surface area contributed by atoms with Crippen molar-refractivity contribution in [3.05, 3.63) is 41.7 Å². The lowest BCUT2D eigenvalue weighted by atomic mass is 10.2. The molecule has 0 bridgehead atoms. The van der Waals surface area contributed by atoms with Crippen LogP contribution in [0.25, 0.3) is 0 Å². The molecular formula is C14H17N5O2. The second-order valence-electron chi connectivity index (χ2n) is 4.88. The first-order valence-corrected chi connectivity index (χ1v) is 6.84. The van der Waals surface area contributed by atoms with Gasteiger partial charge in [-0.2, -0.15) is 0 Å². The van der Waals surface area contributed by atoms with Gasteiger partial charge in [0.05, 0.1) is 18.4 Å². The minimum Gasteiger partial charge on any atom is -0.491 e. The number of benzene rings is 1. The molecule has 2 aromatic rings. The molecule has 2 heterocycles. The third kappa shape index (κ3) is 3.03. The van der Waals surface area contributed by atoms with Gasteiger partial charge in [0.15, 0.2) is 0 Å². The van der Waals surface area contributed by atoms with Gasteiger partial charge >= 0.3 is 0 Å². The number of carbonyl (C=O) groups is 1. The Morgan fingerprint density at radius 3 is 3.05 bits per heavy atom. The van der Waals surface area contributed by atoms with E-state index in [-0.39, 0.29) is 12.5 Å². The quantitative estimate of drug-likeness (QED) is 0.869. The lowest BCUT2D eigenvalue weighted by molar-refractivity contribution is -0.132. The van der Waals surface area contributed by atoms with Crippen molar-refractivity contribution < 1.29 is 9.53 Å². The predicted octanol–water partition coefficient (Wildman–Crippen LogP) is 0.158. The van der Waals surface area contributed by atoms with E-state index in [9.17, 15) is 4.79 Å². The van der Waals surface area contributed by atoms with Crippen LogP contribution in [0.3, 0.4) is 0 Å². The Kier molecular flexibility index (Phi) is 3.83. The van der Waals surface area contributed by atoms with Crippen molar-refractivity contribution in [1.82, 2.24) is 19.9 Å². The molecular weight excluding hydrogens is 270 g/mol. The third-order valence-corrected chi connectivity index (χ3v) is 3.40. The van der Waals surface area contributed by atoms with E-state index < -0.39 is 0 Å². The summed E-state index contributed by atoms with van der Waals surface area (Å²) in [5.41, 5.74) is 7.17. The molecule has 0 saturated heterocycles. The summed E-state index contributed by atoms with van der Waals surface area (Å²) in [5, 5.41) is 7.78. The number of rotatable bonds is 3. The number of fused-ring (bicyclic) bond motifs is 1. The zero-order valence-corrected chi connectivity index (χ0v) is 11.6. The van der Waals surface area contributed by atoms with E-state index in [0.717, 1.165) is 11.3 Å². The van der Waals surface area contributed by atoms with E-state index in [1.54, 1.807) is 11.1 Å². The van der Waals surface area contributed by atoms with Crippen LogP contribution in [0.4, 0.5) is 0 Å². The second-order valence-corrected chi connectivity index (χ2v) is 4.88. The van der Waals surface area contributed by atoms with Gasteiger partial charge in [-0.15, -0.1) is 5.10 Å². The molecule has 0 spiro atoms. The second kappa shape index (κ2) is 5.92. The van der Waals surface area contributed by atoms with Crippen LogP contribution in [0.5, 0.6) is 5.75 Å². The van der Waals surface area contributed by atoms with Crippen LogP contribution < -0.4 is 10.5 Å². The van der Waals surface area contributed by atoms with Crippen molar-refractivity contribution in [3.8, 4) is 5.75 Å². The summed E-state index contributed by atoms with van der Waals surface area (Å²) in [6, 6.07) is 7.78. The maximum atomic E-state index is 12.4. The molecule has 1 aliphatic heterocycles. The largest absolute Gasteiger partial charge is 0.491 e. The number of aromatic nitrogens is 3. The Labute approximate surface area is 122 Å². The molecule has 7 heteroatoms. The van der Waals surface area contributed by atoms with Gasteiger partial charge in [0.2, 0.25) is 5.91 Å². The highest BCUT2D eigenvalue weighted by Crippen LogP contribution is 2.22. The van der Waals surface area contributed by atoms with Crippen LogP contribution in [-0.4, -0.2) is 39.0 Å². The molecule has 0 aliphatic carbocycles. The number of hydrogen-bond acceptors (Lipinski definition) is 5. The highest BCUT2D eigenvalue weighted by Gasteiger charge is 2.20. The molecule has 1 aliphatic rings. The average Bonchev–Trinajstić information content (AvgIpc) is 2.83. The molecule has 110 valence electrons. The molecule has 0 unspecified atom stereocenters. The molecule has 3 rings (SSSR count). The first-order valence-electron chi connectivity index (χ1n) is 6.84. The number of nitrogens with zero attached hydrogens (tertiary/aromatic N) is 4. The first kappa shape index (κ1) is 13.6. The Bertz CT molecular complexity index is 640. The summed E-state index contributed by atoms with van der Waals surface area (Å²) in [7, 11) is 0. The smallest absolute Gasteiger partial charge is 0.244 e. The molecule has 1 amide bonds. The highest BCUT2D eigenvalue weighted by molar-refractivity contribution is 5.76. The predicted molar refractivity (Wildman–Crippen MR) is 75.3 cm³/mol. The van der Waals surface area contributed by atoms with Gasteiger partial charge in [0, 0.05) is 18.7 Å². The number of carbonyl (C=O) groups excluding carboxylic acids is 1. The fraction of sp³-hybridized carbons (Fsp3) is 0.357. The van der Waals surface area contributed by atoms with Gasteiger partial charge in [-0.25, -0.2) is 4.68 Å². The SMILES string of the molecule is NCc1cn(CC(=O)N2CCOc3ccccc3C2)nn1. The highest BCUT2D eigenvalue weighted by atomic mass is 16.5. The number of ether oxygens (including phenoxy) is 1. The van der Waals surface area contributed by atoms with Crippen molar-refractivity contribution in [3.63, 3.8) is 0 Å². The fourth-order valence-corrected chi connectivity index (χ4v) is 2.29. The van der Waals surface area contributed by atoms with Crippen molar-refractivity contribution in [2.24, 2.45) is 5.73 Å². The van der Waals surface area contributed by atoms with E-state index in [4.69, 9.17) is 10.5 Å². The molecule has 0 fully saturated rings. The third-order valence-electron chi connectivity index (χ3n) is 3.40. The Morgan fingerprint density at radius 2 is 2.24 bits per heavy atom. The van der Waals surface area contributed by atoms with Crippen molar-refractivity contribution >= 4 is 5.91 Å². The van der Waals surface area contributed by atoms with Crippen LogP contribution in [0, 0.1) is 0 Å². The van der Waals surface area contributed by atoms with Gasteiger partial charge in [-0.1, -0.05) is 23.4 Å². The topological polar surface area (TPSA) is 86.3 Å². The van der Waals surface area contributed by atoms with Gasteiger partial charge < -0.3 is 15.4 Å². The number of para-hydroxylation sites is 1. The molecule has 0 radical (unpaired) electrons. The number of nitrogens with two attached hydrogens (primary N) is 1. The van der Waals surface area contributed by atoms with Crippen molar-refractivity contribution in [2.75, 3.05) is 13.2 Å². The fourth-order valence-electron chi connectivity index (χ4n) is 2.29. The lowest BCUT2D eigenvalue weighted by Crippen LogP contribution is -2.35. The minimum absolute atomic E-state index is 0.0104. The van der Waals surface area contributed by atoms with Crippen LogP contribution in [0.15, 0.2) is 30.5 Å². The maximum Gasteiger partial charge on any atom is 0.244 e. The van der Waals surface area contributed by atoms with Crippen LogP contribution in [0.1, 0.15) is 11.3 Å². The van der Waals surface area contributed by atoms with E-state index in [1.165, 1.54) is 4.68 Å². The van der Waals surface area contributed by atoms with Crippen molar-refractivity contribution in [1.29, 1.82) is 0 Å².